The molecule has 0 fully saturated rings. The summed E-state index contributed by atoms with van der Waals surface area (Å²) in [6.45, 7) is 1.71. The molecule has 10 heteroatoms. The summed E-state index contributed by atoms with van der Waals surface area (Å²) in [4.78, 5) is 12.1. The minimum atomic E-state index is -4.60. The Morgan fingerprint density at radius 2 is 1.83 bits per heavy atom. The molecule has 0 saturated carbocycles. The van der Waals surface area contributed by atoms with Gasteiger partial charge in [-0.1, -0.05) is 29.8 Å². The lowest BCUT2D eigenvalue weighted by Crippen LogP contribution is -2.32. The van der Waals surface area contributed by atoms with Crippen molar-refractivity contribution in [1.82, 2.24) is 0 Å². The third kappa shape index (κ3) is 6.37. The molecule has 0 spiro atoms. The number of rotatable bonds is 7. The Labute approximate surface area is 172 Å². The summed E-state index contributed by atoms with van der Waals surface area (Å²) in [5, 5.41) is 2.60. The molecule has 0 aliphatic heterocycles. The van der Waals surface area contributed by atoms with E-state index in [-0.39, 0.29) is 25.1 Å². The highest BCUT2D eigenvalue weighted by Gasteiger charge is 2.33. The van der Waals surface area contributed by atoms with Crippen LogP contribution in [0.2, 0.25) is 5.02 Å². The van der Waals surface area contributed by atoms with Crippen LogP contribution in [0.25, 0.3) is 0 Å². The van der Waals surface area contributed by atoms with Crippen molar-refractivity contribution in [2.24, 2.45) is 0 Å². The molecule has 0 heterocycles. The molecule has 2 rings (SSSR count). The fourth-order valence-corrected chi connectivity index (χ4v) is 3.93. The lowest BCUT2D eigenvalue weighted by Gasteiger charge is -2.24. The summed E-state index contributed by atoms with van der Waals surface area (Å²) in [7, 11) is -3.65. The second-order valence-corrected chi connectivity index (χ2v) is 8.80. The third-order valence-corrected chi connectivity index (χ3v) is 5.53. The molecule has 0 aliphatic carbocycles. The predicted octanol–water partition coefficient (Wildman–Crippen LogP) is 4.85. The number of sulfonamides is 1. The summed E-state index contributed by atoms with van der Waals surface area (Å²) in [5.74, 6) is -0.641. The van der Waals surface area contributed by atoms with Crippen LogP contribution in [0.3, 0.4) is 0 Å². The number of nitrogens with one attached hydrogen (secondary N) is 1. The largest absolute Gasteiger partial charge is 0.418 e. The number of hydrogen-bond donors (Lipinski definition) is 1. The zero-order valence-electron chi connectivity index (χ0n) is 15.8. The Morgan fingerprint density at radius 3 is 2.45 bits per heavy atom. The summed E-state index contributed by atoms with van der Waals surface area (Å²) in [6, 6.07) is 9.48. The number of amides is 1. The van der Waals surface area contributed by atoms with Crippen LogP contribution in [-0.2, 0) is 21.0 Å². The number of para-hydroxylation sites is 1. The Morgan fingerprint density at radius 1 is 1.17 bits per heavy atom. The van der Waals surface area contributed by atoms with Gasteiger partial charge in [0.2, 0.25) is 15.9 Å². The molecule has 0 bridgehead atoms. The fourth-order valence-electron chi connectivity index (χ4n) is 2.75. The van der Waals surface area contributed by atoms with Crippen LogP contribution in [0.1, 0.15) is 24.0 Å². The van der Waals surface area contributed by atoms with E-state index in [0.29, 0.717) is 16.3 Å². The van der Waals surface area contributed by atoms with E-state index < -0.39 is 27.7 Å². The van der Waals surface area contributed by atoms with E-state index in [1.807, 2.05) is 0 Å². The highest BCUT2D eigenvalue weighted by atomic mass is 35.5. The van der Waals surface area contributed by atoms with Gasteiger partial charge in [0.25, 0.3) is 0 Å². The molecule has 2 aromatic rings. The van der Waals surface area contributed by atoms with Crippen LogP contribution in [0.4, 0.5) is 24.5 Å². The van der Waals surface area contributed by atoms with E-state index in [4.69, 9.17) is 11.6 Å². The van der Waals surface area contributed by atoms with E-state index in [0.717, 1.165) is 16.6 Å². The van der Waals surface area contributed by atoms with E-state index >= 15 is 0 Å². The van der Waals surface area contributed by atoms with Crippen LogP contribution in [-0.4, -0.2) is 27.1 Å². The quantitative estimate of drug-likeness (QED) is 0.658. The van der Waals surface area contributed by atoms with Gasteiger partial charge < -0.3 is 5.32 Å². The van der Waals surface area contributed by atoms with Gasteiger partial charge in [-0.25, -0.2) is 8.42 Å². The minimum absolute atomic E-state index is 0.0195. The number of benzene rings is 2. The number of carbonyl (C=O) groups is 1. The molecule has 0 radical (unpaired) electrons. The average molecular weight is 449 g/mol. The van der Waals surface area contributed by atoms with Crippen molar-refractivity contribution >= 4 is 38.9 Å². The Kier molecular flexibility index (Phi) is 7.18. The molecule has 0 atom stereocenters. The van der Waals surface area contributed by atoms with Crippen molar-refractivity contribution in [3.63, 3.8) is 0 Å². The third-order valence-electron chi connectivity index (χ3n) is 4.11. The number of anilines is 2. The highest BCUT2D eigenvalue weighted by molar-refractivity contribution is 7.92. The Bertz CT molecular complexity index is 994. The molecule has 0 aromatic heterocycles. The van der Waals surface area contributed by atoms with Gasteiger partial charge in [-0.05, 0) is 43.2 Å². The van der Waals surface area contributed by atoms with Crippen LogP contribution in [0.15, 0.2) is 42.5 Å². The molecule has 0 unspecified atom stereocenters. The molecule has 29 heavy (non-hydrogen) atoms. The molecule has 0 saturated heterocycles. The molecular weight excluding hydrogens is 429 g/mol. The maximum atomic E-state index is 13.0. The monoisotopic (exact) mass is 448 g/mol. The van der Waals surface area contributed by atoms with Crippen molar-refractivity contribution < 1.29 is 26.4 Å². The first kappa shape index (κ1) is 23.0. The van der Waals surface area contributed by atoms with E-state index in [1.54, 1.807) is 19.1 Å². The van der Waals surface area contributed by atoms with Gasteiger partial charge in [0.1, 0.15) is 0 Å². The van der Waals surface area contributed by atoms with Crippen molar-refractivity contribution in [3.05, 3.63) is 58.6 Å². The summed E-state index contributed by atoms with van der Waals surface area (Å²) < 4.78 is 64.5. The summed E-state index contributed by atoms with van der Waals surface area (Å²) >= 11 is 5.96. The first-order valence-electron chi connectivity index (χ1n) is 8.59. The maximum Gasteiger partial charge on any atom is 0.418 e. The molecule has 1 amide bonds. The van der Waals surface area contributed by atoms with Crippen LogP contribution < -0.4 is 9.62 Å². The number of alkyl halides is 3. The van der Waals surface area contributed by atoms with Crippen LogP contribution in [0.5, 0.6) is 0 Å². The van der Waals surface area contributed by atoms with Gasteiger partial charge in [-0.3, -0.25) is 9.10 Å². The summed E-state index contributed by atoms with van der Waals surface area (Å²) in [5.41, 5.74) is -0.206. The van der Waals surface area contributed by atoms with Crippen molar-refractivity contribution in [1.29, 1.82) is 0 Å². The second-order valence-electron chi connectivity index (χ2n) is 6.46. The minimum Gasteiger partial charge on any atom is -0.326 e. The van der Waals surface area contributed by atoms with Gasteiger partial charge in [0.05, 0.1) is 23.2 Å². The van der Waals surface area contributed by atoms with Crippen molar-refractivity contribution in [2.75, 3.05) is 22.4 Å². The smallest absolute Gasteiger partial charge is 0.326 e. The number of aryl methyl sites for hydroxylation is 1. The zero-order valence-corrected chi connectivity index (χ0v) is 17.3. The van der Waals surface area contributed by atoms with Gasteiger partial charge >= 0.3 is 6.18 Å². The van der Waals surface area contributed by atoms with Crippen LogP contribution >= 0.6 is 11.6 Å². The Balaban J connectivity index is 2.07. The average Bonchev–Trinajstić information content (AvgIpc) is 2.59. The van der Waals surface area contributed by atoms with Crippen LogP contribution in [0, 0.1) is 6.92 Å². The molecular formula is C19H20ClF3N2O3S. The van der Waals surface area contributed by atoms with Crippen molar-refractivity contribution in [2.45, 2.75) is 25.9 Å². The second kappa shape index (κ2) is 9.04. The molecule has 2 aromatic carbocycles. The molecule has 5 nitrogen and oxygen atoms in total. The SMILES string of the molecule is Cc1ccc(Cl)cc1N(CCCC(=O)Nc1ccccc1C(F)(F)F)S(C)(=O)=O. The van der Waals surface area contributed by atoms with E-state index in [2.05, 4.69) is 5.32 Å². The van der Waals surface area contributed by atoms with Gasteiger partial charge in [0, 0.05) is 18.0 Å². The molecule has 158 valence electrons. The van der Waals surface area contributed by atoms with E-state index in [9.17, 15) is 26.4 Å². The lowest BCUT2D eigenvalue weighted by atomic mass is 10.1. The van der Waals surface area contributed by atoms with Crippen molar-refractivity contribution in [3.8, 4) is 0 Å². The maximum absolute atomic E-state index is 13.0. The van der Waals surface area contributed by atoms with Gasteiger partial charge in [-0.15, -0.1) is 0 Å². The normalized spacial score (nSPS) is 11.9. The number of hydrogen-bond acceptors (Lipinski definition) is 3. The first-order chi connectivity index (χ1) is 13.4. The number of nitrogens with zero attached hydrogens (tertiary/aromatic N) is 1. The highest BCUT2D eigenvalue weighted by Crippen LogP contribution is 2.34. The topological polar surface area (TPSA) is 66.5 Å². The molecule has 1 N–H and O–H groups in total. The zero-order chi connectivity index (χ0) is 21.8. The lowest BCUT2D eigenvalue weighted by molar-refractivity contribution is -0.137. The first-order valence-corrected chi connectivity index (χ1v) is 10.8. The van der Waals surface area contributed by atoms with E-state index in [1.165, 1.54) is 24.3 Å². The Hall–Kier alpha value is -2.26. The standard InChI is InChI=1S/C19H20ClF3N2O3S/c1-13-9-10-14(20)12-17(13)25(29(2,27)28)11-5-8-18(26)24-16-7-4-3-6-15(16)19(21,22)23/h3-4,6-7,9-10,12H,5,8,11H2,1-2H3,(H,24,26). The predicted molar refractivity (Wildman–Crippen MR) is 108 cm³/mol. The number of halogens is 4. The summed E-state index contributed by atoms with van der Waals surface area (Å²) in [6.07, 6.45) is -3.61. The van der Waals surface area contributed by atoms with Gasteiger partial charge in [0.15, 0.2) is 0 Å². The molecule has 0 aliphatic rings. The number of carbonyl (C=O) groups excluding carboxylic acids is 1. The fraction of sp³-hybridized carbons (Fsp3) is 0.316. The van der Waals surface area contributed by atoms with Gasteiger partial charge in [-0.2, -0.15) is 13.2 Å².